The molecule has 0 amide bonds. The van der Waals surface area contributed by atoms with Gasteiger partial charge in [0.25, 0.3) is 0 Å². The minimum atomic E-state index is -0.401. The predicted octanol–water partition coefficient (Wildman–Crippen LogP) is 2.81. The van der Waals surface area contributed by atoms with Gasteiger partial charge in [0.15, 0.2) is 0 Å². The maximum atomic E-state index is 13.1. The van der Waals surface area contributed by atoms with Crippen LogP contribution in [0.1, 0.15) is 56.6 Å². The summed E-state index contributed by atoms with van der Waals surface area (Å²) >= 11 is 0. The van der Waals surface area contributed by atoms with Gasteiger partial charge < -0.3 is 0 Å². The molecule has 0 spiro atoms. The molecule has 108 valence electrons. The topological polar surface area (TPSA) is 38.1 Å². The zero-order valence-electron chi connectivity index (χ0n) is 13.2. The Morgan fingerprint density at radius 2 is 1.79 bits per heavy atom. The molecule has 0 fully saturated rings. The molecule has 19 heavy (non-hydrogen) atoms. The van der Waals surface area contributed by atoms with E-state index >= 15 is 0 Å². The van der Waals surface area contributed by atoms with Crippen LogP contribution in [-0.4, -0.2) is 39.1 Å². The van der Waals surface area contributed by atoms with Crippen LogP contribution in [-0.2, 0) is 7.05 Å². The molecule has 0 radical (unpaired) electrons. The van der Waals surface area contributed by atoms with Crippen LogP contribution in [0.15, 0.2) is 6.20 Å². The molecule has 1 aromatic rings. The lowest BCUT2D eigenvalue weighted by molar-refractivity contribution is 0.0524. The lowest BCUT2D eigenvalue weighted by Crippen LogP contribution is -2.54. The lowest BCUT2D eigenvalue weighted by atomic mass is 9.83. The van der Waals surface area contributed by atoms with Gasteiger partial charge in [0.1, 0.15) is 5.69 Å². The van der Waals surface area contributed by atoms with E-state index in [0.29, 0.717) is 0 Å². The number of hydrogen-bond donors (Lipinski definition) is 0. The molecule has 4 nitrogen and oxygen atoms in total. The van der Waals surface area contributed by atoms with Gasteiger partial charge in [-0.1, -0.05) is 27.7 Å². The van der Waals surface area contributed by atoms with Gasteiger partial charge in [-0.05, 0) is 38.4 Å². The first-order chi connectivity index (χ1) is 8.98. The van der Waals surface area contributed by atoms with E-state index in [2.05, 4.69) is 37.7 Å². The number of carbonyl (C=O) groups is 1. The predicted molar refractivity (Wildman–Crippen MR) is 78.5 cm³/mol. The van der Waals surface area contributed by atoms with E-state index in [1.807, 2.05) is 14.0 Å². The number of likely N-dealkylation sites (N-methyl/N-ethyl adjacent to an activating group) is 1. The molecule has 4 heteroatoms. The van der Waals surface area contributed by atoms with Crippen molar-refractivity contribution in [2.24, 2.45) is 7.05 Å². The Morgan fingerprint density at radius 1 is 1.26 bits per heavy atom. The minimum absolute atomic E-state index is 0.207. The molecular formula is C15H27N3O. The van der Waals surface area contributed by atoms with Crippen LogP contribution < -0.4 is 0 Å². The molecule has 0 saturated carbocycles. The van der Waals surface area contributed by atoms with Gasteiger partial charge in [-0.2, -0.15) is 5.10 Å². The summed E-state index contributed by atoms with van der Waals surface area (Å²) in [4.78, 5) is 15.4. The third kappa shape index (κ3) is 2.59. The molecule has 1 rings (SSSR count). The highest BCUT2D eigenvalue weighted by atomic mass is 16.1. The van der Waals surface area contributed by atoms with E-state index in [-0.39, 0.29) is 5.78 Å². The quantitative estimate of drug-likeness (QED) is 0.712. The summed E-state index contributed by atoms with van der Waals surface area (Å²) in [7, 11) is 1.85. The molecule has 0 saturated heterocycles. The Labute approximate surface area is 116 Å². The number of nitrogens with zero attached hydrogens (tertiary/aromatic N) is 3. The molecule has 1 heterocycles. The van der Waals surface area contributed by atoms with E-state index in [0.717, 1.165) is 37.2 Å². The Balaban J connectivity index is 3.30. The summed E-state index contributed by atoms with van der Waals surface area (Å²) in [5.74, 6) is 0.207. The summed E-state index contributed by atoms with van der Waals surface area (Å²) in [6.07, 6.45) is 3.43. The van der Waals surface area contributed by atoms with Gasteiger partial charge in [-0.25, -0.2) is 0 Å². The molecule has 0 unspecified atom stereocenters. The first-order valence-electron chi connectivity index (χ1n) is 7.26. The van der Waals surface area contributed by atoms with Crippen molar-refractivity contribution in [1.29, 1.82) is 0 Å². The number of aromatic nitrogens is 2. The number of carbonyl (C=O) groups excluding carboxylic acids is 1. The molecular weight excluding hydrogens is 238 g/mol. The van der Waals surface area contributed by atoms with Crippen LogP contribution in [0.25, 0.3) is 0 Å². The monoisotopic (exact) mass is 265 g/mol. The van der Waals surface area contributed by atoms with Crippen LogP contribution in [0.5, 0.6) is 0 Å². The van der Waals surface area contributed by atoms with Crippen molar-refractivity contribution in [2.75, 3.05) is 13.1 Å². The maximum Gasteiger partial charge on any atom is 0.201 e. The van der Waals surface area contributed by atoms with Crippen LogP contribution >= 0.6 is 0 Å². The number of Topliss-reactive ketones (excluding diaryl/α,β-unsaturated/α-hetero) is 1. The highest BCUT2D eigenvalue weighted by Crippen LogP contribution is 2.29. The van der Waals surface area contributed by atoms with Crippen LogP contribution in [0, 0.1) is 6.92 Å². The van der Waals surface area contributed by atoms with Crippen molar-refractivity contribution in [3.8, 4) is 0 Å². The molecule has 0 aromatic carbocycles. The van der Waals surface area contributed by atoms with Crippen molar-refractivity contribution in [3.63, 3.8) is 0 Å². The standard InChI is InChI=1S/C15H27N3O/c1-7-15(8-2,18(9-3)10-4)14(19)13-12(5)11-16-17(13)6/h11H,7-10H2,1-6H3. The van der Waals surface area contributed by atoms with E-state index in [1.54, 1.807) is 10.9 Å². The summed E-state index contributed by atoms with van der Waals surface area (Å²) in [5, 5.41) is 4.21. The number of hydrogen-bond acceptors (Lipinski definition) is 3. The second-order valence-corrected chi connectivity index (χ2v) is 5.04. The number of rotatable bonds is 7. The molecule has 0 bridgehead atoms. The van der Waals surface area contributed by atoms with Crippen molar-refractivity contribution in [2.45, 2.75) is 53.0 Å². The molecule has 0 aliphatic rings. The summed E-state index contributed by atoms with van der Waals surface area (Å²) in [6.45, 7) is 12.2. The van der Waals surface area contributed by atoms with E-state index in [4.69, 9.17) is 0 Å². The second-order valence-electron chi connectivity index (χ2n) is 5.04. The van der Waals surface area contributed by atoms with Crippen molar-refractivity contribution >= 4 is 5.78 Å². The van der Waals surface area contributed by atoms with E-state index < -0.39 is 5.54 Å². The van der Waals surface area contributed by atoms with Crippen molar-refractivity contribution < 1.29 is 4.79 Å². The SMILES string of the molecule is CCN(CC)C(CC)(CC)C(=O)c1c(C)cnn1C. The van der Waals surface area contributed by atoms with Gasteiger partial charge in [-0.3, -0.25) is 14.4 Å². The number of ketones is 1. The normalized spacial score (nSPS) is 12.2. The third-order valence-electron chi connectivity index (χ3n) is 4.30. The molecule has 0 atom stereocenters. The van der Waals surface area contributed by atoms with Crippen LogP contribution in [0.3, 0.4) is 0 Å². The van der Waals surface area contributed by atoms with E-state index in [9.17, 15) is 4.79 Å². The fraction of sp³-hybridized carbons (Fsp3) is 0.733. The minimum Gasteiger partial charge on any atom is -0.291 e. The zero-order valence-corrected chi connectivity index (χ0v) is 13.2. The Kier molecular flexibility index (Phi) is 5.29. The van der Waals surface area contributed by atoms with Crippen LogP contribution in [0.4, 0.5) is 0 Å². The first-order valence-corrected chi connectivity index (χ1v) is 7.26. The first kappa shape index (κ1) is 15.9. The third-order valence-corrected chi connectivity index (χ3v) is 4.30. The van der Waals surface area contributed by atoms with Gasteiger partial charge in [0.05, 0.1) is 11.7 Å². The zero-order chi connectivity index (χ0) is 14.6. The van der Waals surface area contributed by atoms with Gasteiger partial charge in [0, 0.05) is 7.05 Å². The smallest absolute Gasteiger partial charge is 0.201 e. The fourth-order valence-corrected chi connectivity index (χ4v) is 3.08. The average Bonchev–Trinajstić information content (AvgIpc) is 2.75. The fourth-order valence-electron chi connectivity index (χ4n) is 3.08. The number of aryl methyl sites for hydroxylation is 2. The highest BCUT2D eigenvalue weighted by molar-refractivity contribution is 6.03. The molecule has 0 aliphatic carbocycles. The summed E-state index contributed by atoms with van der Waals surface area (Å²) in [6, 6.07) is 0. The van der Waals surface area contributed by atoms with Gasteiger partial charge >= 0.3 is 0 Å². The van der Waals surface area contributed by atoms with E-state index in [1.165, 1.54) is 0 Å². The summed E-state index contributed by atoms with van der Waals surface area (Å²) in [5.41, 5.74) is 1.31. The van der Waals surface area contributed by atoms with Crippen molar-refractivity contribution in [1.82, 2.24) is 14.7 Å². The van der Waals surface area contributed by atoms with Gasteiger partial charge in [0.2, 0.25) is 5.78 Å². The lowest BCUT2D eigenvalue weighted by Gasteiger charge is -2.41. The van der Waals surface area contributed by atoms with Crippen LogP contribution in [0.2, 0.25) is 0 Å². The van der Waals surface area contributed by atoms with Crippen molar-refractivity contribution in [3.05, 3.63) is 17.5 Å². The Morgan fingerprint density at radius 3 is 2.11 bits per heavy atom. The Hall–Kier alpha value is -1.16. The molecule has 0 N–H and O–H groups in total. The average molecular weight is 265 g/mol. The van der Waals surface area contributed by atoms with Gasteiger partial charge in [-0.15, -0.1) is 0 Å². The largest absolute Gasteiger partial charge is 0.291 e. The highest BCUT2D eigenvalue weighted by Gasteiger charge is 2.41. The maximum absolute atomic E-state index is 13.1. The second kappa shape index (κ2) is 6.33. The summed E-state index contributed by atoms with van der Waals surface area (Å²) < 4.78 is 1.71. The molecule has 0 aliphatic heterocycles. The Bertz CT molecular complexity index is 409. The molecule has 1 aromatic heterocycles.